The zero-order valence-corrected chi connectivity index (χ0v) is 10.3. The lowest BCUT2D eigenvalue weighted by atomic mass is 9.57. The highest BCUT2D eigenvalue weighted by molar-refractivity contribution is 5.02. The molecule has 1 N–H and O–H groups in total. The van der Waals surface area contributed by atoms with Crippen LogP contribution in [0.25, 0.3) is 0 Å². The van der Waals surface area contributed by atoms with Gasteiger partial charge in [-0.15, -0.1) is 0 Å². The van der Waals surface area contributed by atoms with Gasteiger partial charge in [-0.2, -0.15) is 0 Å². The Morgan fingerprint density at radius 1 is 0.938 bits per heavy atom. The Hall–Kier alpha value is -0.0800. The second-order valence-electron chi connectivity index (χ2n) is 6.10. The molecule has 1 heterocycles. The first-order valence-electron chi connectivity index (χ1n) is 7.23. The normalized spacial score (nSPS) is 38.2. The lowest BCUT2D eigenvalue weighted by Gasteiger charge is -2.54. The average Bonchev–Trinajstić information content (AvgIpc) is 2.37. The Labute approximate surface area is 99.1 Å². The molecule has 0 aromatic carbocycles. The minimum absolute atomic E-state index is 0.651. The van der Waals surface area contributed by atoms with Crippen LogP contribution in [-0.2, 0) is 4.74 Å². The predicted molar refractivity (Wildman–Crippen MR) is 65.5 cm³/mol. The Kier molecular flexibility index (Phi) is 3.21. The van der Waals surface area contributed by atoms with Gasteiger partial charge in [0.15, 0.2) is 0 Å². The van der Waals surface area contributed by atoms with Gasteiger partial charge in [0, 0.05) is 18.7 Å². The summed E-state index contributed by atoms with van der Waals surface area (Å²) in [6.45, 7) is 1.93. The van der Waals surface area contributed by atoms with E-state index in [4.69, 9.17) is 4.74 Å². The van der Waals surface area contributed by atoms with E-state index >= 15 is 0 Å². The third-order valence-corrected chi connectivity index (χ3v) is 5.12. The van der Waals surface area contributed by atoms with Gasteiger partial charge >= 0.3 is 0 Å². The van der Waals surface area contributed by atoms with E-state index in [2.05, 4.69) is 5.32 Å². The fraction of sp³-hybridized carbons (Fsp3) is 1.00. The molecule has 2 heteroatoms. The zero-order valence-electron chi connectivity index (χ0n) is 10.3. The summed E-state index contributed by atoms with van der Waals surface area (Å²) in [6.07, 6.45) is 12.9. The summed E-state index contributed by atoms with van der Waals surface area (Å²) < 4.78 is 5.56. The van der Waals surface area contributed by atoms with Crippen molar-refractivity contribution < 1.29 is 4.74 Å². The van der Waals surface area contributed by atoms with Crippen LogP contribution in [0.4, 0.5) is 0 Å². The number of hydrogen-bond donors (Lipinski definition) is 1. The number of ether oxygens (including phenoxy) is 1. The molecular formula is C14H25NO. The molecule has 0 aromatic heterocycles. The van der Waals surface area contributed by atoms with E-state index in [9.17, 15) is 0 Å². The number of nitrogens with one attached hydrogen (secondary N) is 1. The maximum atomic E-state index is 5.56. The third-order valence-electron chi connectivity index (χ3n) is 5.12. The van der Waals surface area contributed by atoms with Crippen molar-refractivity contribution in [3.05, 3.63) is 0 Å². The first-order valence-corrected chi connectivity index (χ1v) is 7.23. The minimum atomic E-state index is 0.651. The quantitative estimate of drug-likeness (QED) is 0.777. The van der Waals surface area contributed by atoms with Crippen LogP contribution in [0.15, 0.2) is 0 Å². The summed E-state index contributed by atoms with van der Waals surface area (Å²) in [5.41, 5.74) is 0.704. The Balaban J connectivity index is 1.54. The molecule has 92 valence electrons. The SMILES string of the molecule is C1CCC2(CC1)CCC2NC1CCCOC1. The maximum absolute atomic E-state index is 5.56. The third kappa shape index (κ3) is 2.02. The van der Waals surface area contributed by atoms with Gasteiger partial charge in [0.25, 0.3) is 0 Å². The smallest absolute Gasteiger partial charge is 0.0619 e. The van der Waals surface area contributed by atoms with Gasteiger partial charge in [-0.3, -0.25) is 0 Å². The molecule has 1 spiro atoms. The monoisotopic (exact) mass is 223 g/mol. The topological polar surface area (TPSA) is 21.3 Å². The lowest BCUT2D eigenvalue weighted by Crippen LogP contribution is -2.58. The molecule has 2 aliphatic carbocycles. The Bertz CT molecular complexity index is 229. The van der Waals surface area contributed by atoms with Crippen molar-refractivity contribution >= 4 is 0 Å². The molecule has 1 aliphatic heterocycles. The number of rotatable bonds is 2. The van der Waals surface area contributed by atoms with Gasteiger partial charge in [0.05, 0.1) is 6.61 Å². The van der Waals surface area contributed by atoms with Crippen LogP contribution in [0, 0.1) is 5.41 Å². The van der Waals surface area contributed by atoms with Gasteiger partial charge in [-0.25, -0.2) is 0 Å². The molecular weight excluding hydrogens is 198 g/mol. The number of hydrogen-bond acceptors (Lipinski definition) is 2. The Morgan fingerprint density at radius 2 is 1.81 bits per heavy atom. The molecule has 0 aromatic rings. The van der Waals surface area contributed by atoms with Crippen LogP contribution in [0.1, 0.15) is 57.8 Å². The molecule has 2 atom stereocenters. The predicted octanol–water partition coefficient (Wildman–Crippen LogP) is 2.87. The lowest BCUT2D eigenvalue weighted by molar-refractivity contribution is -0.00520. The van der Waals surface area contributed by atoms with Crippen molar-refractivity contribution in [2.45, 2.75) is 69.9 Å². The van der Waals surface area contributed by atoms with E-state index in [0.29, 0.717) is 11.5 Å². The van der Waals surface area contributed by atoms with Crippen LogP contribution >= 0.6 is 0 Å². The molecule has 16 heavy (non-hydrogen) atoms. The maximum Gasteiger partial charge on any atom is 0.0619 e. The molecule has 3 rings (SSSR count). The first kappa shape index (κ1) is 11.0. The van der Waals surface area contributed by atoms with E-state index in [1.807, 2.05) is 0 Å². The zero-order chi connectivity index (χ0) is 10.8. The first-order chi connectivity index (χ1) is 7.89. The van der Waals surface area contributed by atoms with Gasteiger partial charge in [0.2, 0.25) is 0 Å². The average molecular weight is 223 g/mol. The van der Waals surface area contributed by atoms with E-state index in [1.54, 1.807) is 0 Å². The summed E-state index contributed by atoms with van der Waals surface area (Å²) in [5, 5.41) is 3.89. The fourth-order valence-corrected chi connectivity index (χ4v) is 3.97. The second kappa shape index (κ2) is 4.66. The molecule has 1 saturated heterocycles. The highest BCUT2D eigenvalue weighted by Gasteiger charge is 2.47. The molecule has 0 bridgehead atoms. The standard InChI is InChI=1S/C14H25NO/c1-2-7-14(8-3-1)9-6-13(14)15-12-5-4-10-16-11-12/h12-13,15H,1-11H2. The fourth-order valence-electron chi connectivity index (χ4n) is 3.97. The summed E-state index contributed by atoms with van der Waals surface area (Å²) in [5.74, 6) is 0. The Morgan fingerprint density at radius 3 is 2.44 bits per heavy atom. The van der Waals surface area contributed by atoms with Crippen LogP contribution in [0.2, 0.25) is 0 Å². The van der Waals surface area contributed by atoms with E-state index in [-0.39, 0.29) is 0 Å². The van der Waals surface area contributed by atoms with Crippen molar-refractivity contribution in [2.75, 3.05) is 13.2 Å². The highest BCUT2D eigenvalue weighted by atomic mass is 16.5. The van der Waals surface area contributed by atoms with Gasteiger partial charge in [0.1, 0.15) is 0 Å². The van der Waals surface area contributed by atoms with Crippen molar-refractivity contribution in [1.29, 1.82) is 0 Å². The molecule has 0 amide bonds. The molecule has 3 fully saturated rings. The highest BCUT2D eigenvalue weighted by Crippen LogP contribution is 2.51. The van der Waals surface area contributed by atoms with Gasteiger partial charge in [-0.05, 0) is 43.9 Å². The largest absolute Gasteiger partial charge is 0.380 e. The van der Waals surface area contributed by atoms with Crippen LogP contribution < -0.4 is 5.32 Å². The van der Waals surface area contributed by atoms with Crippen molar-refractivity contribution in [2.24, 2.45) is 5.41 Å². The van der Waals surface area contributed by atoms with Gasteiger partial charge in [-0.1, -0.05) is 19.3 Å². The van der Waals surface area contributed by atoms with Crippen LogP contribution in [-0.4, -0.2) is 25.3 Å². The summed E-state index contributed by atoms with van der Waals surface area (Å²) in [6, 6.07) is 1.47. The van der Waals surface area contributed by atoms with Crippen molar-refractivity contribution in [3.8, 4) is 0 Å². The van der Waals surface area contributed by atoms with Gasteiger partial charge < -0.3 is 10.1 Å². The molecule has 2 saturated carbocycles. The van der Waals surface area contributed by atoms with Crippen molar-refractivity contribution in [1.82, 2.24) is 5.32 Å². The molecule has 3 aliphatic rings. The minimum Gasteiger partial charge on any atom is -0.380 e. The second-order valence-corrected chi connectivity index (χ2v) is 6.10. The summed E-state index contributed by atoms with van der Waals surface area (Å²) in [7, 11) is 0. The molecule has 0 radical (unpaired) electrons. The van der Waals surface area contributed by atoms with E-state index < -0.39 is 0 Å². The van der Waals surface area contributed by atoms with E-state index in [0.717, 1.165) is 19.3 Å². The van der Waals surface area contributed by atoms with Crippen LogP contribution in [0.5, 0.6) is 0 Å². The summed E-state index contributed by atoms with van der Waals surface area (Å²) in [4.78, 5) is 0. The summed E-state index contributed by atoms with van der Waals surface area (Å²) >= 11 is 0. The van der Waals surface area contributed by atoms with E-state index in [1.165, 1.54) is 57.8 Å². The molecule has 2 unspecified atom stereocenters. The molecule has 2 nitrogen and oxygen atoms in total. The van der Waals surface area contributed by atoms with Crippen molar-refractivity contribution in [3.63, 3.8) is 0 Å². The van der Waals surface area contributed by atoms with Crippen LogP contribution in [0.3, 0.4) is 0 Å².